The minimum Gasteiger partial charge on any atom is -0.393 e. The van der Waals surface area contributed by atoms with E-state index in [1.807, 2.05) is 0 Å². The van der Waals surface area contributed by atoms with Crippen LogP contribution in [0.1, 0.15) is 53.4 Å². The Balaban J connectivity index is 0.00000110. The van der Waals surface area contributed by atoms with Crippen LogP contribution in [0.3, 0.4) is 0 Å². The van der Waals surface area contributed by atoms with Crippen LogP contribution in [-0.4, -0.2) is 33.6 Å². The van der Waals surface area contributed by atoms with Crippen LogP contribution in [0.15, 0.2) is 18.9 Å². The molecule has 0 aromatic heterocycles. The van der Waals surface area contributed by atoms with E-state index in [1.165, 1.54) is 12.8 Å². The maximum atomic E-state index is 6.16. The molecule has 1 atom stereocenters. The summed E-state index contributed by atoms with van der Waals surface area (Å²) in [6, 6.07) is 1.09. The van der Waals surface area contributed by atoms with Crippen molar-refractivity contribution in [3.8, 4) is 0 Å². The Morgan fingerprint density at radius 2 is 1.55 bits per heavy atom. The Labute approximate surface area is 126 Å². The highest BCUT2D eigenvalue weighted by Crippen LogP contribution is 2.42. The van der Waals surface area contributed by atoms with Crippen molar-refractivity contribution in [1.29, 1.82) is 0 Å². The van der Waals surface area contributed by atoms with E-state index in [4.69, 9.17) is 13.6 Å². The minimum absolute atomic E-state index is 0.119. The smallest absolute Gasteiger partial charge is 0.371 e. The summed E-state index contributed by atoms with van der Waals surface area (Å²) in [5.41, 5.74) is 2.25. The van der Waals surface area contributed by atoms with E-state index in [9.17, 15) is 0 Å². The Morgan fingerprint density at radius 3 is 1.95 bits per heavy atom. The topological polar surface area (TPSA) is 27.7 Å². The third-order valence-electron chi connectivity index (χ3n) is 3.78. The van der Waals surface area contributed by atoms with Gasteiger partial charge in [-0.05, 0) is 39.7 Å². The third-order valence-corrected chi connectivity index (χ3v) is 8.44. The molecule has 0 N–H and O–H groups in total. The SMILES string of the molecule is C=C=C.CCOC1(CC)CCCC[Si]1(OCC)OCC. The van der Waals surface area contributed by atoms with Gasteiger partial charge in [0.15, 0.2) is 0 Å². The molecule has 0 bridgehead atoms. The van der Waals surface area contributed by atoms with Crippen molar-refractivity contribution in [1.82, 2.24) is 0 Å². The molecule has 0 amide bonds. The maximum absolute atomic E-state index is 6.16. The van der Waals surface area contributed by atoms with Crippen LogP contribution >= 0.6 is 0 Å². The van der Waals surface area contributed by atoms with E-state index in [-0.39, 0.29) is 5.22 Å². The van der Waals surface area contributed by atoms with Crippen molar-refractivity contribution in [3.05, 3.63) is 18.9 Å². The summed E-state index contributed by atoms with van der Waals surface area (Å²) in [6.45, 7) is 16.9. The highest BCUT2D eigenvalue weighted by atomic mass is 28.4. The molecule has 3 nitrogen and oxygen atoms in total. The third kappa shape index (κ3) is 4.57. The average Bonchev–Trinajstić information content (AvgIpc) is 2.43. The first-order chi connectivity index (χ1) is 9.61. The number of hydrogen-bond donors (Lipinski definition) is 0. The minimum atomic E-state index is -2.21. The molecule has 118 valence electrons. The van der Waals surface area contributed by atoms with E-state index >= 15 is 0 Å². The molecule has 1 heterocycles. The summed E-state index contributed by atoms with van der Waals surface area (Å²) >= 11 is 0. The number of hydrogen-bond acceptors (Lipinski definition) is 3. The first-order valence-corrected chi connectivity index (χ1v) is 9.85. The molecule has 1 unspecified atom stereocenters. The molecule has 1 aliphatic heterocycles. The molecule has 1 saturated heterocycles. The molecule has 0 radical (unpaired) electrons. The maximum Gasteiger partial charge on any atom is 0.371 e. The van der Waals surface area contributed by atoms with Crippen LogP contribution in [0.4, 0.5) is 0 Å². The Hall–Kier alpha value is -0.383. The lowest BCUT2D eigenvalue weighted by molar-refractivity contribution is -0.0426. The van der Waals surface area contributed by atoms with Crippen LogP contribution in [-0.2, 0) is 13.6 Å². The highest BCUT2D eigenvalue weighted by molar-refractivity contribution is 6.70. The largest absolute Gasteiger partial charge is 0.393 e. The van der Waals surface area contributed by atoms with Gasteiger partial charge in [-0.3, -0.25) is 0 Å². The fourth-order valence-electron chi connectivity index (χ4n) is 3.11. The zero-order valence-corrected chi connectivity index (χ0v) is 14.8. The first-order valence-electron chi connectivity index (χ1n) is 7.82. The standard InChI is InChI=1S/C13H28O3Si.C3H4/c1-5-13(14-6-2)11-9-10-12-17(13,15-7-3)16-8-4;1-3-2/h5-12H2,1-4H3;1-2H2. The molecule has 0 spiro atoms. The molecule has 0 saturated carbocycles. The molecular weight excluding hydrogens is 268 g/mol. The molecule has 20 heavy (non-hydrogen) atoms. The highest BCUT2D eigenvalue weighted by Gasteiger charge is 2.58. The van der Waals surface area contributed by atoms with Gasteiger partial charge in [-0.15, -0.1) is 5.73 Å². The summed E-state index contributed by atoms with van der Waals surface area (Å²) in [5.74, 6) is 0. The second kappa shape index (κ2) is 10.4. The Bertz CT molecular complexity index is 272. The zero-order valence-electron chi connectivity index (χ0n) is 13.8. The fourth-order valence-corrected chi connectivity index (χ4v) is 7.57. The van der Waals surface area contributed by atoms with Crippen molar-refractivity contribution >= 4 is 8.56 Å². The van der Waals surface area contributed by atoms with Crippen LogP contribution in [0, 0.1) is 0 Å². The van der Waals surface area contributed by atoms with Crippen molar-refractivity contribution in [2.75, 3.05) is 19.8 Å². The van der Waals surface area contributed by atoms with E-state index < -0.39 is 8.56 Å². The van der Waals surface area contributed by atoms with E-state index in [2.05, 4.69) is 46.6 Å². The summed E-state index contributed by atoms with van der Waals surface area (Å²) in [5, 5.41) is -0.119. The monoisotopic (exact) mass is 300 g/mol. The lowest BCUT2D eigenvalue weighted by Crippen LogP contribution is -2.65. The van der Waals surface area contributed by atoms with Gasteiger partial charge in [0, 0.05) is 19.8 Å². The van der Waals surface area contributed by atoms with Crippen LogP contribution in [0.5, 0.6) is 0 Å². The Kier molecular flexibility index (Phi) is 10.2. The quantitative estimate of drug-likeness (QED) is 0.516. The van der Waals surface area contributed by atoms with Crippen molar-refractivity contribution in [2.45, 2.75) is 64.6 Å². The van der Waals surface area contributed by atoms with E-state index in [0.717, 1.165) is 38.7 Å². The van der Waals surface area contributed by atoms with Crippen molar-refractivity contribution < 1.29 is 13.6 Å². The van der Waals surface area contributed by atoms with Crippen LogP contribution < -0.4 is 0 Å². The lowest BCUT2D eigenvalue weighted by atomic mass is 10.1. The Morgan fingerprint density at radius 1 is 1.00 bits per heavy atom. The lowest BCUT2D eigenvalue weighted by Gasteiger charge is -2.49. The normalized spacial score (nSPS) is 24.4. The second-order valence-electron chi connectivity index (χ2n) is 4.86. The molecule has 0 aliphatic carbocycles. The van der Waals surface area contributed by atoms with Crippen LogP contribution in [0.25, 0.3) is 0 Å². The van der Waals surface area contributed by atoms with E-state index in [1.54, 1.807) is 0 Å². The number of ether oxygens (including phenoxy) is 1. The molecule has 0 aromatic carbocycles. The zero-order chi connectivity index (χ0) is 15.5. The van der Waals surface area contributed by atoms with Gasteiger partial charge in [-0.1, -0.05) is 32.9 Å². The van der Waals surface area contributed by atoms with Gasteiger partial charge < -0.3 is 13.6 Å². The summed E-state index contributed by atoms with van der Waals surface area (Å²) < 4.78 is 18.5. The van der Waals surface area contributed by atoms with Gasteiger partial charge in [0.2, 0.25) is 0 Å². The molecule has 0 aromatic rings. The molecule has 4 heteroatoms. The van der Waals surface area contributed by atoms with Gasteiger partial charge >= 0.3 is 8.56 Å². The van der Waals surface area contributed by atoms with Gasteiger partial charge in [0.25, 0.3) is 0 Å². The van der Waals surface area contributed by atoms with E-state index in [0.29, 0.717) is 0 Å². The first kappa shape index (κ1) is 19.6. The fraction of sp³-hybridized carbons (Fsp3) is 0.812. The summed E-state index contributed by atoms with van der Waals surface area (Å²) in [4.78, 5) is 0. The average molecular weight is 301 g/mol. The van der Waals surface area contributed by atoms with Gasteiger partial charge in [0.1, 0.15) is 5.22 Å². The van der Waals surface area contributed by atoms with Gasteiger partial charge in [-0.25, -0.2) is 0 Å². The molecular formula is C16H32O3Si. The van der Waals surface area contributed by atoms with Crippen molar-refractivity contribution in [2.24, 2.45) is 0 Å². The molecule has 1 fully saturated rings. The predicted molar refractivity (Wildman–Crippen MR) is 87.1 cm³/mol. The predicted octanol–water partition coefficient (Wildman–Crippen LogP) is 4.37. The number of rotatable bonds is 7. The van der Waals surface area contributed by atoms with Crippen molar-refractivity contribution in [3.63, 3.8) is 0 Å². The molecule has 1 aliphatic rings. The molecule has 1 rings (SSSR count). The van der Waals surface area contributed by atoms with Gasteiger partial charge in [-0.2, -0.15) is 0 Å². The summed E-state index contributed by atoms with van der Waals surface area (Å²) in [7, 11) is -2.21. The van der Waals surface area contributed by atoms with Gasteiger partial charge in [0.05, 0.1) is 0 Å². The second-order valence-corrected chi connectivity index (χ2v) is 8.35. The summed E-state index contributed by atoms with van der Waals surface area (Å²) in [6.07, 6.45) is 4.57. The van der Waals surface area contributed by atoms with Crippen LogP contribution in [0.2, 0.25) is 6.04 Å².